The van der Waals surface area contributed by atoms with Gasteiger partial charge in [-0.3, -0.25) is 4.68 Å². The molecule has 2 N–H and O–H groups in total. The van der Waals surface area contributed by atoms with Crippen LogP contribution in [-0.2, 0) is 13.7 Å². The Morgan fingerprint density at radius 1 is 1.47 bits per heavy atom. The zero-order valence-electron chi connectivity index (χ0n) is 9.64. The second-order valence-electron chi connectivity index (χ2n) is 3.73. The van der Waals surface area contributed by atoms with Crippen molar-refractivity contribution in [1.29, 1.82) is 0 Å². The molecule has 0 aliphatic carbocycles. The standard InChI is InChI=1S/C11H13FN4O/c1-7-3-10(8(12)4-9(7)13)17-5-11-14-6-15-16(11)2/h3-4,6H,5,13H2,1-2H3. The maximum atomic E-state index is 13.5. The fourth-order valence-electron chi connectivity index (χ4n) is 1.37. The number of nitrogens with two attached hydrogens (primary N) is 1. The Balaban J connectivity index is 2.14. The van der Waals surface area contributed by atoms with E-state index in [1.54, 1.807) is 24.7 Å². The van der Waals surface area contributed by atoms with Crippen LogP contribution in [0.4, 0.5) is 10.1 Å². The molecule has 6 heteroatoms. The van der Waals surface area contributed by atoms with Gasteiger partial charge in [0.05, 0.1) is 0 Å². The Morgan fingerprint density at radius 3 is 2.88 bits per heavy atom. The molecule has 2 rings (SSSR count). The Labute approximate surface area is 98.0 Å². The molecular formula is C11H13FN4O. The van der Waals surface area contributed by atoms with Crippen molar-refractivity contribution >= 4 is 5.69 Å². The summed E-state index contributed by atoms with van der Waals surface area (Å²) in [6, 6.07) is 2.82. The van der Waals surface area contributed by atoms with Gasteiger partial charge in [-0.1, -0.05) is 0 Å². The fraction of sp³-hybridized carbons (Fsp3) is 0.273. The predicted octanol–water partition coefficient (Wildman–Crippen LogP) is 1.42. The summed E-state index contributed by atoms with van der Waals surface area (Å²) in [5.41, 5.74) is 6.77. The summed E-state index contributed by atoms with van der Waals surface area (Å²) < 4.78 is 20.4. The molecule has 1 aromatic carbocycles. The van der Waals surface area contributed by atoms with Gasteiger partial charge in [-0.2, -0.15) is 5.10 Å². The molecule has 90 valence electrons. The molecule has 5 nitrogen and oxygen atoms in total. The molecule has 0 atom stereocenters. The highest BCUT2D eigenvalue weighted by Crippen LogP contribution is 2.23. The van der Waals surface area contributed by atoms with Gasteiger partial charge in [-0.15, -0.1) is 0 Å². The van der Waals surface area contributed by atoms with Gasteiger partial charge in [-0.05, 0) is 18.6 Å². The summed E-state index contributed by atoms with van der Waals surface area (Å²) >= 11 is 0. The number of aryl methyl sites for hydroxylation is 2. The molecule has 0 bridgehead atoms. The van der Waals surface area contributed by atoms with E-state index in [1.165, 1.54) is 12.4 Å². The molecule has 0 spiro atoms. The van der Waals surface area contributed by atoms with Crippen LogP contribution in [0.3, 0.4) is 0 Å². The smallest absolute Gasteiger partial charge is 0.167 e. The number of hydrogen-bond donors (Lipinski definition) is 1. The third-order valence-electron chi connectivity index (χ3n) is 2.48. The van der Waals surface area contributed by atoms with E-state index < -0.39 is 5.82 Å². The molecule has 17 heavy (non-hydrogen) atoms. The van der Waals surface area contributed by atoms with Gasteiger partial charge in [0.1, 0.15) is 12.9 Å². The molecule has 1 aromatic heterocycles. The van der Waals surface area contributed by atoms with E-state index in [-0.39, 0.29) is 12.4 Å². The number of nitrogens with zero attached hydrogens (tertiary/aromatic N) is 3. The van der Waals surface area contributed by atoms with Crippen LogP contribution in [0, 0.1) is 12.7 Å². The highest BCUT2D eigenvalue weighted by molar-refractivity contribution is 5.50. The second kappa shape index (κ2) is 4.40. The maximum Gasteiger partial charge on any atom is 0.167 e. The number of halogens is 1. The van der Waals surface area contributed by atoms with Gasteiger partial charge in [0.15, 0.2) is 17.4 Å². The molecule has 0 aliphatic rings. The van der Waals surface area contributed by atoms with E-state index in [4.69, 9.17) is 10.5 Å². The lowest BCUT2D eigenvalue weighted by Crippen LogP contribution is -2.05. The lowest BCUT2D eigenvalue weighted by atomic mass is 10.2. The van der Waals surface area contributed by atoms with E-state index in [9.17, 15) is 4.39 Å². The van der Waals surface area contributed by atoms with Crippen LogP contribution >= 0.6 is 0 Å². The van der Waals surface area contributed by atoms with Crippen LogP contribution < -0.4 is 10.5 Å². The SMILES string of the molecule is Cc1cc(OCc2ncnn2C)c(F)cc1N. The summed E-state index contributed by atoms with van der Waals surface area (Å²) in [6.45, 7) is 1.96. The van der Waals surface area contributed by atoms with Gasteiger partial charge in [0.25, 0.3) is 0 Å². The van der Waals surface area contributed by atoms with Crippen molar-refractivity contribution < 1.29 is 9.13 Å². The van der Waals surface area contributed by atoms with Crippen molar-refractivity contribution in [2.45, 2.75) is 13.5 Å². The summed E-state index contributed by atoms with van der Waals surface area (Å²) in [5, 5.41) is 3.89. The van der Waals surface area contributed by atoms with Crippen LogP contribution in [-0.4, -0.2) is 14.8 Å². The molecule has 0 unspecified atom stereocenters. The molecule has 0 saturated carbocycles. The molecule has 0 fully saturated rings. The number of hydrogen-bond acceptors (Lipinski definition) is 4. The van der Waals surface area contributed by atoms with Gasteiger partial charge in [0.2, 0.25) is 0 Å². The zero-order chi connectivity index (χ0) is 12.4. The van der Waals surface area contributed by atoms with Crippen LogP contribution in [0.2, 0.25) is 0 Å². The van der Waals surface area contributed by atoms with E-state index in [0.717, 1.165) is 5.56 Å². The molecular weight excluding hydrogens is 223 g/mol. The van der Waals surface area contributed by atoms with Gasteiger partial charge < -0.3 is 10.5 Å². The maximum absolute atomic E-state index is 13.5. The van der Waals surface area contributed by atoms with Crippen LogP contribution in [0.1, 0.15) is 11.4 Å². The van der Waals surface area contributed by atoms with E-state index in [0.29, 0.717) is 11.5 Å². The normalized spacial score (nSPS) is 10.5. The number of ether oxygens (including phenoxy) is 1. The second-order valence-corrected chi connectivity index (χ2v) is 3.73. The number of nitrogen functional groups attached to an aromatic ring is 1. The Hall–Kier alpha value is -2.11. The monoisotopic (exact) mass is 236 g/mol. The van der Waals surface area contributed by atoms with Crippen molar-refractivity contribution in [2.24, 2.45) is 7.05 Å². The summed E-state index contributed by atoms with van der Waals surface area (Å²) in [7, 11) is 1.75. The largest absolute Gasteiger partial charge is 0.483 e. The highest BCUT2D eigenvalue weighted by atomic mass is 19.1. The van der Waals surface area contributed by atoms with Gasteiger partial charge in [0, 0.05) is 18.8 Å². The Morgan fingerprint density at radius 2 is 2.24 bits per heavy atom. The molecule has 1 heterocycles. The van der Waals surface area contributed by atoms with Crippen molar-refractivity contribution in [2.75, 3.05) is 5.73 Å². The van der Waals surface area contributed by atoms with Crippen molar-refractivity contribution in [3.8, 4) is 5.75 Å². The summed E-state index contributed by atoms with van der Waals surface area (Å²) in [6.07, 6.45) is 1.42. The number of aromatic nitrogens is 3. The number of rotatable bonds is 3. The molecule has 0 saturated heterocycles. The van der Waals surface area contributed by atoms with Crippen molar-refractivity contribution in [3.05, 3.63) is 35.7 Å². The Kier molecular flexibility index (Phi) is 2.95. The average molecular weight is 236 g/mol. The predicted molar refractivity (Wildman–Crippen MR) is 60.9 cm³/mol. The van der Waals surface area contributed by atoms with Gasteiger partial charge >= 0.3 is 0 Å². The zero-order valence-corrected chi connectivity index (χ0v) is 9.64. The minimum atomic E-state index is -0.477. The topological polar surface area (TPSA) is 66.0 Å². The first-order valence-electron chi connectivity index (χ1n) is 5.09. The van der Waals surface area contributed by atoms with Crippen LogP contribution in [0.15, 0.2) is 18.5 Å². The van der Waals surface area contributed by atoms with E-state index in [2.05, 4.69) is 10.1 Å². The summed E-state index contributed by atoms with van der Waals surface area (Å²) in [4.78, 5) is 3.98. The summed E-state index contributed by atoms with van der Waals surface area (Å²) in [5.74, 6) is 0.314. The molecule has 2 aromatic rings. The number of anilines is 1. The third kappa shape index (κ3) is 2.35. The first-order chi connectivity index (χ1) is 8.08. The molecule has 0 radical (unpaired) electrons. The Bertz CT molecular complexity index is 538. The van der Waals surface area contributed by atoms with Crippen LogP contribution in [0.5, 0.6) is 5.75 Å². The van der Waals surface area contributed by atoms with Gasteiger partial charge in [-0.25, -0.2) is 9.37 Å². The quantitative estimate of drug-likeness (QED) is 0.818. The minimum absolute atomic E-state index is 0.163. The highest BCUT2D eigenvalue weighted by Gasteiger charge is 2.08. The lowest BCUT2D eigenvalue weighted by Gasteiger charge is -2.09. The molecule has 0 aliphatic heterocycles. The van der Waals surface area contributed by atoms with E-state index in [1.807, 2.05) is 0 Å². The fourth-order valence-corrected chi connectivity index (χ4v) is 1.37. The first-order valence-corrected chi connectivity index (χ1v) is 5.09. The number of benzene rings is 1. The third-order valence-corrected chi connectivity index (χ3v) is 2.48. The lowest BCUT2D eigenvalue weighted by molar-refractivity contribution is 0.275. The van der Waals surface area contributed by atoms with Crippen molar-refractivity contribution in [1.82, 2.24) is 14.8 Å². The van der Waals surface area contributed by atoms with Crippen LogP contribution in [0.25, 0.3) is 0 Å². The first kappa shape index (κ1) is 11.4. The van der Waals surface area contributed by atoms with E-state index >= 15 is 0 Å². The minimum Gasteiger partial charge on any atom is -0.483 e. The average Bonchev–Trinajstić information content (AvgIpc) is 2.68. The van der Waals surface area contributed by atoms with Crippen molar-refractivity contribution in [3.63, 3.8) is 0 Å². The molecule has 0 amide bonds.